The molecular weight excluding hydrogens is 254 g/mol. The van der Waals surface area contributed by atoms with E-state index in [-0.39, 0.29) is 19.1 Å². The molecule has 2 rings (SSSR count). The fourth-order valence-electron chi connectivity index (χ4n) is 1.93. The fourth-order valence-corrected chi connectivity index (χ4v) is 2.89. The van der Waals surface area contributed by atoms with Gasteiger partial charge in [-0.25, -0.2) is 4.79 Å². The lowest BCUT2D eigenvalue weighted by molar-refractivity contribution is -0.154. The maximum absolute atomic E-state index is 12.3. The highest BCUT2D eigenvalue weighted by molar-refractivity contribution is 7.12. The van der Waals surface area contributed by atoms with E-state index >= 15 is 0 Å². The highest BCUT2D eigenvalue weighted by Gasteiger charge is 2.30. The normalized spacial score (nSPS) is 19.8. The molecule has 1 fully saturated rings. The summed E-state index contributed by atoms with van der Waals surface area (Å²) < 4.78 is 5.10. The van der Waals surface area contributed by atoms with E-state index in [1.165, 1.54) is 11.3 Å². The summed E-state index contributed by atoms with van der Waals surface area (Å²) in [6, 6.07) is 1.94. The van der Waals surface area contributed by atoms with Crippen LogP contribution >= 0.6 is 11.3 Å². The Hall–Kier alpha value is -1.40. The van der Waals surface area contributed by atoms with E-state index < -0.39 is 12.1 Å². The van der Waals surface area contributed by atoms with Crippen LogP contribution in [0.15, 0.2) is 11.4 Å². The lowest BCUT2D eigenvalue weighted by Gasteiger charge is -2.30. The van der Waals surface area contributed by atoms with Crippen molar-refractivity contribution in [2.75, 3.05) is 19.7 Å². The summed E-state index contributed by atoms with van der Waals surface area (Å²) in [6.45, 7) is 2.84. The first kappa shape index (κ1) is 13.0. The molecule has 1 aliphatic rings. The van der Waals surface area contributed by atoms with Gasteiger partial charge < -0.3 is 14.7 Å². The molecule has 0 aliphatic carbocycles. The number of ether oxygens (including phenoxy) is 1. The standard InChI is InChI=1S/C12H15NO4S/c1-2-8-3-6-18-10(8)11(14)13-4-5-17-9(7-13)12(15)16/h3,6,9H,2,4-5,7H2,1H3,(H,15,16). The number of amides is 1. The van der Waals surface area contributed by atoms with E-state index in [0.717, 1.165) is 12.0 Å². The highest BCUT2D eigenvalue weighted by atomic mass is 32.1. The number of hydrogen-bond donors (Lipinski definition) is 1. The topological polar surface area (TPSA) is 66.8 Å². The van der Waals surface area contributed by atoms with E-state index in [2.05, 4.69) is 0 Å². The van der Waals surface area contributed by atoms with Crippen molar-refractivity contribution in [2.24, 2.45) is 0 Å². The number of aryl methyl sites for hydroxylation is 1. The molecule has 1 N–H and O–H groups in total. The number of aliphatic carboxylic acids is 1. The number of nitrogens with zero attached hydrogens (tertiary/aromatic N) is 1. The second-order valence-corrected chi connectivity index (χ2v) is 4.99. The third kappa shape index (κ3) is 2.54. The van der Waals surface area contributed by atoms with Crippen molar-refractivity contribution in [3.05, 3.63) is 21.9 Å². The summed E-state index contributed by atoms with van der Waals surface area (Å²) in [5, 5.41) is 10.8. The Bertz CT molecular complexity index is 457. The minimum Gasteiger partial charge on any atom is -0.479 e. The summed E-state index contributed by atoms with van der Waals surface area (Å²) in [5.74, 6) is -1.11. The van der Waals surface area contributed by atoms with Gasteiger partial charge in [0, 0.05) is 6.54 Å². The van der Waals surface area contributed by atoms with Crippen LogP contribution in [0.2, 0.25) is 0 Å². The Balaban J connectivity index is 2.11. The van der Waals surface area contributed by atoms with Crippen molar-refractivity contribution >= 4 is 23.2 Å². The molecule has 1 atom stereocenters. The Kier molecular flexibility index (Phi) is 3.98. The van der Waals surface area contributed by atoms with Gasteiger partial charge in [0.1, 0.15) is 0 Å². The van der Waals surface area contributed by atoms with Crippen LogP contribution in [0.25, 0.3) is 0 Å². The Morgan fingerprint density at radius 1 is 1.61 bits per heavy atom. The van der Waals surface area contributed by atoms with Crippen LogP contribution in [0.5, 0.6) is 0 Å². The molecular formula is C12H15NO4S. The van der Waals surface area contributed by atoms with Gasteiger partial charge in [-0.3, -0.25) is 4.79 Å². The zero-order chi connectivity index (χ0) is 13.1. The summed E-state index contributed by atoms with van der Waals surface area (Å²) in [7, 11) is 0. The van der Waals surface area contributed by atoms with Gasteiger partial charge in [0.05, 0.1) is 18.0 Å². The minimum atomic E-state index is -1.02. The molecule has 0 saturated carbocycles. The van der Waals surface area contributed by atoms with Gasteiger partial charge in [-0.2, -0.15) is 0 Å². The maximum atomic E-state index is 12.3. The zero-order valence-electron chi connectivity index (χ0n) is 10.1. The van der Waals surface area contributed by atoms with E-state index in [9.17, 15) is 9.59 Å². The first-order valence-electron chi connectivity index (χ1n) is 5.83. The van der Waals surface area contributed by atoms with Gasteiger partial charge in [0.25, 0.3) is 5.91 Å². The molecule has 1 aliphatic heterocycles. The average Bonchev–Trinajstić information content (AvgIpc) is 2.86. The smallest absolute Gasteiger partial charge is 0.334 e. The van der Waals surface area contributed by atoms with Crippen LogP contribution in [0.3, 0.4) is 0 Å². The number of carbonyl (C=O) groups is 2. The van der Waals surface area contributed by atoms with Crippen LogP contribution < -0.4 is 0 Å². The van der Waals surface area contributed by atoms with Gasteiger partial charge >= 0.3 is 5.97 Å². The maximum Gasteiger partial charge on any atom is 0.334 e. The number of morpholine rings is 1. The van der Waals surface area contributed by atoms with Crippen molar-refractivity contribution in [1.82, 2.24) is 4.90 Å². The molecule has 98 valence electrons. The van der Waals surface area contributed by atoms with Crippen LogP contribution in [0, 0.1) is 0 Å². The molecule has 1 aromatic heterocycles. The van der Waals surface area contributed by atoms with Crippen LogP contribution in [0.4, 0.5) is 0 Å². The molecule has 6 heteroatoms. The van der Waals surface area contributed by atoms with Crippen LogP contribution in [0.1, 0.15) is 22.2 Å². The molecule has 0 aromatic carbocycles. The lowest BCUT2D eigenvalue weighted by Crippen LogP contribution is -2.48. The molecule has 5 nitrogen and oxygen atoms in total. The van der Waals surface area contributed by atoms with E-state index in [4.69, 9.17) is 9.84 Å². The largest absolute Gasteiger partial charge is 0.479 e. The summed E-state index contributed by atoms with van der Waals surface area (Å²) >= 11 is 1.41. The molecule has 0 bridgehead atoms. The van der Waals surface area contributed by atoms with Gasteiger partial charge in [-0.05, 0) is 23.4 Å². The number of hydrogen-bond acceptors (Lipinski definition) is 4. The highest BCUT2D eigenvalue weighted by Crippen LogP contribution is 2.20. The quantitative estimate of drug-likeness (QED) is 0.896. The van der Waals surface area contributed by atoms with Crippen LogP contribution in [-0.4, -0.2) is 47.7 Å². The summed E-state index contributed by atoms with van der Waals surface area (Å²) in [4.78, 5) is 25.4. The van der Waals surface area contributed by atoms with Gasteiger partial charge in [0.2, 0.25) is 0 Å². The number of rotatable bonds is 3. The Morgan fingerprint density at radius 2 is 2.39 bits per heavy atom. The lowest BCUT2D eigenvalue weighted by atomic mass is 10.2. The predicted octanol–water partition coefficient (Wildman–Crippen LogP) is 1.24. The van der Waals surface area contributed by atoms with Crippen molar-refractivity contribution < 1.29 is 19.4 Å². The SMILES string of the molecule is CCc1ccsc1C(=O)N1CCOC(C(=O)O)C1. The molecule has 18 heavy (non-hydrogen) atoms. The van der Waals surface area contributed by atoms with Gasteiger partial charge in [-0.15, -0.1) is 11.3 Å². The molecule has 0 spiro atoms. The van der Waals surface area contributed by atoms with Crippen LogP contribution in [-0.2, 0) is 16.0 Å². The first-order chi connectivity index (χ1) is 8.63. The molecule has 2 heterocycles. The zero-order valence-corrected chi connectivity index (χ0v) is 10.9. The van der Waals surface area contributed by atoms with Crippen molar-refractivity contribution in [3.63, 3.8) is 0 Å². The number of carboxylic acids is 1. The summed E-state index contributed by atoms with van der Waals surface area (Å²) in [5.41, 5.74) is 1.02. The van der Waals surface area contributed by atoms with Crippen molar-refractivity contribution in [2.45, 2.75) is 19.4 Å². The predicted molar refractivity (Wildman–Crippen MR) is 67.0 cm³/mol. The Morgan fingerprint density at radius 3 is 3.06 bits per heavy atom. The number of carboxylic acid groups (broad SMARTS) is 1. The average molecular weight is 269 g/mol. The third-order valence-corrected chi connectivity index (χ3v) is 3.90. The van der Waals surface area contributed by atoms with Crippen molar-refractivity contribution in [3.8, 4) is 0 Å². The second kappa shape index (κ2) is 5.49. The monoisotopic (exact) mass is 269 g/mol. The molecule has 1 unspecified atom stereocenters. The van der Waals surface area contributed by atoms with Gasteiger partial charge in [0.15, 0.2) is 6.10 Å². The summed E-state index contributed by atoms with van der Waals surface area (Å²) in [6.07, 6.45) is -0.107. The molecule has 1 amide bonds. The van der Waals surface area contributed by atoms with Gasteiger partial charge in [-0.1, -0.05) is 6.92 Å². The first-order valence-corrected chi connectivity index (χ1v) is 6.71. The fraction of sp³-hybridized carbons (Fsp3) is 0.500. The molecule has 1 saturated heterocycles. The van der Waals surface area contributed by atoms with E-state index in [1.54, 1.807) is 4.90 Å². The minimum absolute atomic E-state index is 0.0867. The molecule has 1 aromatic rings. The second-order valence-electron chi connectivity index (χ2n) is 4.08. The number of carbonyl (C=O) groups excluding carboxylic acids is 1. The third-order valence-electron chi connectivity index (χ3n) is 2.95. The molecule has 0 radical (unpaired) electrons. The Labute approximate surface area is 109 Å². The van der Waals surface area contributed by atoms with E-state index in [0.29, 0.717) is 11.4 Å². The van der Waals surface area contributed by atoms with E-state index in [1.807, 2.05) is 18.4 Å². The van der Waals surface area contributed by atoms with Crippen molar-refractivity contribution in [1.29, 1.82) is 0 Å². The number of thiophene rings is 1.